The molecule has 2 fully saturated rings. The highest BCUT2D eigenvalue weighted by atomic mass is 16.3. The number of aryl methyl sites for hydroxylation is 2. The van der Waals surface area contributed by atoms with E-state index in [0.717, 1.165) is 59.0 Å². The number of aliphatic hydroxyl groups excluding tert-OH is 1. The Morgan fingerprint density at radius 1 is 1.24 bits per heavy atom. The molecule has 0 radical (unpaired) electrons. The van der Waals surface area contributed by atoms with Gasteiger partial charge >= 0.3 is 0 Å². The maximum absolute atomic E-state index is 13.1. The first kappa shape index (κ1) is 16.5. The summed E-state index contributed by atoms with van der Waals surface area (Å²) in [6.45, 7) is 4.51. The van der Waals surface area contributed by atoms with Crippen molar-refractivity contribution in [1.82, 2.24) is 9.88 Å². The summed E-state index contributed by atoms with van der Waals surface area (Å²) < 4.78 is 0. The minimum Gasteiger partial charge on any atom is -0.391 e. The van der Waals surface area contributed by atoms with Crippen molar-refractivity contribution in [2.24, 2.45) is 5.92 Å². The average molecular weight is 338 g/mol. The molecule has 1 heterocycles. The second-order valence-corrected chi connectivity index (χ2v) is 7.94. The zero-order valence-electron chi connectivity index (χ0n) is 15.2. The Hall–Kier alpha value is -1.94. The molecular formula is C21H26N2O2. The molecule has 2 aliphatic carbocycles. The molecule has 4 rings (SSSR count). The van der Waals surface area contributed by atoms with Gasteiger partial charge in [0, 0.05) is 30.6 Å². The topological polar surface area (TPSA) is 53.4 Å². The maximum atomic E-state index is 13.1. The maximum Gasteiger partial charge on any atom is 0.254 e. The average Bonchev–Trinajstić information content (AvgIpc) is 3.46. The third-order valence-electron chi connectivity index (χ3n) is 5.47. The Morgan fingerprint density at radius 3 is 2.60 bits per heavy atom. The number of nitrogens with zero attached hydrogens (tertiary/aromatic N) is 2. The molecule has 2 aromatic rings. The van der Waals surface area contributed by atoms with E-state index in [9.17, 15) is 9.90 Å². The number of aromatic nitrogens is 1. The van der Waals surface area contributed by atoms with Crippen molar-refractivity contribution in [3.63, 3.8) is 0 Å². The largest absolute Gasteiger partial charge is 0.391 e. The highest BCUT2D eigenvalue weighted by Crippen LogP contribution is 2.41. The Labute approximate surface area is 148 Å². The van der Waals surface area contributed by atoms with Gasteiger partial charge in [-0.2, -0.15) is 0 Å². The van der Waals surface area contributed by atoms with Crippen molar-refractivity contribution in [1.29, 1.82) is 0 Å². The van der Waals surface area contributed by atoms with Gasteiger partial charge in [0.25, 0.3) is 5.91 Å². The third-order valence-corrected chi connectivity index (χ3v) is 5.47. The lowest BCUT2D eigenvalue weighted by molar-refractivity contribution is 0.0647. The number of benzene rings is 1. The van der Waals surface area contributed by atoms with Gasteiger partial charge in [0.15, 0.2) is 0 Å². The van der Waals surface area contributed by atoms with Gasteiger partial charge in [-0.1, -0.05) is 11.6 Å². The molecule has 2 aliphatic rings. The van der Waals surface area contributed by atoms with E-state index in [0.29, 0.717) is 18.4 Å². The second kappa shape index (κ2) is 6.10. The number of amides is 1. The number of aliphatic hydroxyl groups is 1. The summed E-state index contributed by atoms with van der Waals surface area (Å²) in [6.07, 6.45) is 4.06. The van der Waals surface area contributed by atoms with Gasteiger partial charge in [-0.15, -0.1) is 0 Å². The minimum atomic E-state index is -0.409. The Kier molecular flexibility index (Phi) is 4.03. The second-order valence-electron chi connectivity index (χ2n) is 7.94. The van der Waals surface area contributed by atoms with Gasteiger partial charge in [0.05, 0.1) is 17.2 Å². The number of likely N-dealkylation sites (N-methyl/N-ethyl adjacent to an activating group) is 1. The van der Waals surface area contributed by atoms with Crippen molar-refractivity contribution < 1.29 is 9.90 Å². The van der Waals surface area contributed by atoms with Crippen LogP contribution in [0.1, 0.15) is 58.8 Å². The number of carbonyl (C=O) groups excluding carboxylic acids is 1. The van der Waals surface area contributed by atoms with E-state index in [-0.39, 0.29) is 5.91 Å². The molecule has 1 aromatic carbocycles. The van der Waals surface area contributed by atoms with Crippen LogP contribution in [-0.4, -0.2) is 40.6 Å². The first-order valence-electron chi connectivity index (χ1n) is 9.29. The summed E-state index contributed by atoms with van der Waals surface area (Å²) >= 11 is 0. The van der Waals surface area contributed by atoms with Crippen LogP contribution in [0.25, 0.3) is 10.9 Å². The van der Waals surface area contributed by atoms with Crippen LogP contribution in [0.3, 0.4) is 0 Å². The molecule has 1 aromatic heterocycles. The molecular weight excluding hydrogens is 312 g/mol. The lowest BCUT2D eigenvalue weighted by Crippen LogP contribution is -2.35. The number of pyridine rings is 1. The van der Waals surface area contributed by atoms with Crippen LogP contribution in [0.5, 0.6) is 0 Å². The van der Waals surface area contributed by atoms with Gasteiger partial charge < -0.3 is 10.0 Å². The van der Waals surface area contributed by atoms with Crippen LogP contribution < -0.4 is 0 Å². The van der Waals surface area contributed by atoms with E-state index >= 15 is 0 Å². The van der Waals surface area contributed by atoms with Crippen LogP contribution in [0.4, 0.5) is 0 Å². The van der Waals surface area contributed by atoms with Crippen LogP contribution in [0.2, 0.25) is 0 Å². The molecule has 0 saturated heterocycles. The number of rotatable bonds is 5. The van der Waals surface area contributed by atoms with E-state index in [1.165, 1.54) is 0 Å². The standard InChI is InChI=1S/C21H26N2O2/c1-12-8-13(2)20-16(9-12)17(10-18(22-20)14-4-5-14)21(25)23(3)11-19(24)15-6-7-15/h8-10,14-15,19,24H,4-7,11H2,1-3H3. The van der Waals surface area contributed by atoms with Gasteiger partial charge in [-0.25, -0.2) is 0 Å². The zero-order chi connectivity index (χ0) is 17.7. The monoisotopic (exact) mass is 338 g/mol. The summed E-state index contributed by atoms with van der Waals surface area (Å²) in [5.41, 5.74) is 4.96. The number of fused-ring (bicyclic) bond motifs is 1. The molecule has 0 spiro atoms. The van der Waals surface area contributed by atoms with Crippen molar-refractivity contribution >= 4 is 16.8 Å². The van der Waals surface area contributed by atoms with Crippen LogP contribution in [-0.2, 0) is 0 Å². The fourth-order valence-corrected chi connectivity index (χ4v) is 3.67. The first-order chi connectivity index (χ1) is 11.9. The first-order valence-corrected chi connectivity index (χ1v) is 9.29. The van der Waals surface area contributed by atoms with E-state index in [1.54, 1.807) is 11.9 Å². The van der Waals surface area contributed by atoms with Crippen molar-refractivity contribution in [2.75, 3.05) is 13.6 Å². The smallest absolute Gasteiger partial charge is 0.254 e. The summed E-state index contributed by atoms with van der Waals surface area (Å²) in [7, 11) is 1.79. The molecule has 1 unspecified atom stereocenters. The van der Waals surface area contributed by atoms with Crippen molar-refractivity contribution in [3.05, 3.63) is 40.6 Å². The fourth-order valence-electron chi connectivity index (χ4n) is 3.67. The molecule has 4 heteroatoms. The molecule has 1 N–H and O–H groups in total. The van der Waals surface area contributed by atoms with Crippen LogP contribution >= 0.6 is 0 Å². The molecule has 132 valence electrons. The van der Waals surface area contributed by atoms with E-state index in [2.05, 4.69) is 26.0 Å². The van der Waals surface area contributed by atoms with Gasteiger partial charge in [-0.05, 0) is 63.1 Å². The van der Waals surface area contributed by atoms with Crippen molar-refractivity contribution in [2.45, 2.75) is 51.6 Å². The summed E-state index contributed by atoms with van der Waals surface area (Å²) in [6, 6.07) is 6.17. The number of hydrogen-bond donors (Lipinski definition) is 1. The minimum absolute atomic E-state index is 0.0148. The number of hydrogen-bond acceptors (Lipinski definition) is 3. The molecule has 4 nitrogen and oxygen atoms in total. The van der Waals surface area contributed by atoms with Crippen LogP contribution in [0.15, 0.2) is 18.2 Å². The molecule has 25 heavy (non-hydrogen) atoms. The zero-order valence-corrected chi connectivity index (χ0v) is 15.2. The van der Waals surface area contributed by atoms with Crippen molar-refractivity contribution in [3.8, 4) is 0 Å². The highest BCUT2D eigenvalue weighted by Gasteiger charge is 2.32. The summed E-state index contributed by atoms with van der Waals surface area (Å²) in [5, 5.41) is 11.1. The molecule has 0 aliphatic heterocycles. The van der Waals surface area contributed by atoms with E-state index < -0.39 is 6.10 Å². The molecule has 1 atom stereocenters. The molecule has 1 amide bonds. The fraction of sp³-hybridized carbons (Fsp3) is 0.524. The lowest BCUT2D eigenvalue weighted by atomic mass is 10.00. The molecule has 2 saturated carbocycles. The van der Waals surface area contributed by atoms with Gasteiger partial charge in [0.1, 0.15) is 0 Å². The quantitative estimate of drug-likeness (QED) is 0.907. The SMILES string of the molecule is Cc1cc(C)c2nc(C3CC3)cc(C(=O)N(C)CC(O)C3CC3)c2c1. The Balaban J connectivity index is 1.74. The predicted molar refractivity (Wildman–Crippen MR) is 98.9 cm³/mol. The van der Waals surface area contributed by atoms with Crippen LogP contribution in [0, 0.1) is 19.8 Å². The Bertz CT molecular complexity index is 837. The van der Waals surface area contributed by atoms with Gasteiger partial charge in [-0.3, -0.25) is 9.78 Å². The lowest BCUT2D eigenvalue weighted by Gasteiger charge is -2.22. The third kappa shape index (κ3) is 3.28. The summed E-state index contributed by atoms with van der Waals surface area (Å²) in [5.74, 6) is 0.856. The van der Waals surface area contributed by atoms with E-state index in [4.69, 9.17) is 4.98 Å². The normalized spacial score (nSPS) is 18.4. The molecule has 0 bridgehead atoms. The predicted octanol–water partition coefficient (Wildman–Crippen LogP) is 3.57. The Morgan fingerprint density at radius 2 is 1.96 bits per heavy atom. The highest BCUT2D eigenvalue weighted by molar-refractivity contribution is 6.07. The van der Waals surface area contributed by atoms with Gasteiger partial charge in [0.2, 0.25) is 0 Å². The summed E-state index contributed by atoms with van der Waals surface area (Å²) in [4.78, 5) is 19.7. The van der Waals surface area contributed by atoms with E-state index in [1.807, 2.05) is 6.07 Å². The number of carbonyl (C=O) groups is 1.